The Balaban J connectivity index is 3.00. The quantitative estimate of drug-likeness (QED) is 0.305. The highest BCUT2D eigenvalue weighted by Crippen LogP contribution is 2.47. The predicted molar refractivity (Wildman–Crippen MR) is 135 cm³/mol. The van der Waals surface area contributed by atoms with Crippen LogP contribution in [0.25, 0.3) is 17.2 Å². The summed E-state index contributed by atoms with van der Waals surface area (Å²) in [5.41, 5.74) is 2.97. The van der Waals surface area contributed by atoms with Crippen LogP contribution in [0.2, 0.25) is 0 Å². The smallest absolute Gasteiger partial charge is 0.417 e. The zero-order valence-corrected chi connectivity index (χ0v) is 20.6. The Hall–Kier alpha value is -2.49. The lowest BCUT2D eigenvalue weighted by Crippen LogP contribution is -2.15. The normalized spacial score (nSPS) is 13.5. The molecule has 0 aliphatic rings. The number of ether oxygens (including phenoxy) is 1. The van der Waals surface area contributed by atoms with E-state index in [-0.39, 0.29) is 11.5 Å². The van der Waals surface area contributed by atoms with Gasteiger partial charge in [0.15, 0.2) is 0 Å². The molecule has 1 unspecified atom stereocenters. The van der Waals surface area contributed by atoms with Crippen molar-refractivity contribution in [3.63, 3.8) is 0 Å². The van der Waals surface area contributed by atoms with Gasteiger partial charge in [-0.05, 0) is 60.8 Å². The molecule has 2 rings (SSSR count). The van der Waals surface area contributed by atoms with Crippen molar-refractivity contribution in [1.82, 2.24) is 0 Å². The zero-order valence-electron chi connectivity index (χ0n) is 20.6. The molecule has 0 N–H and O–H groups in total. The van der Waals surface area contributed by atoms with E-state index in [1.807, 2.05) is 32.9 Å². The van der Waals surface area contributed by atoms with Crippen LogP contribution in [0.15, 0.2) is 43.0 Å². The third-order valence-electron chi connectivity index (χ3n) is 6.11. The summed E-state index contributed by atoms with van der Waals surface area (Å²) in [6, 6.07) is 10.4. The average Bonchev–Trinajstić information content (AvgIpc) is 2.79. The van der Waals surface area contributed by atoms with Crippen LogP contribution in [0.3, 0.4) is 0 Å². The monoisotopic (exact) mass is 458 g/mol. The number of benzene rings is 2. The van der Waals surface area contributed by atoms with E-state index < -0.39 is 11.7 Å². The molecule has 1 nitrogen and oxygen atoms in total. The van der Waals surface area contributed by atoms with E-state index in [9.17, 15) is 13.2 Å². The molecule has 0 saturated heterocycles. The van der Waals surface area contributed by atoms with Gasteiger partial charge in [0.1, 0.15) is 5.75 Å². The first-order valence-electron chi connectivity index (χ1n) is 12.0. The van der Waals surface area contributed by atoms with Gasteiger partial charge in [0.05, 0.1) is 12.2 Å². The predicted octanol–water partition coefficient (Wildman–Crippen LogP) is 9.60. The van der Waals surface area contributed by atoms with Crippen LogP contribution in [0.5, 0.6) is 5.75 Å². The number of hydrogen-bond donors (Lipinski definition) is 0. The maximum Gasteiger partial charge on any atom is 0.417 e. The van der Waals surface area contributed by atoms with Gasteiger partial charge in [-0.1, -0.05) is 83.2 Å². The molecular formula is C29H37F3O. The molecular weight excluding hydrogens is 421 g/mol. The molecule has 0 bridgehead atoms. The minimum atomic E-state index is -4.52. The molecule has 0 aromatic heterocycles. The van der Waals surface area contributed by atoms with Gasteiger partial charge in [-0.15, -0.1) is 0 Å². The molecule has 2 aromatic carbocycles. The van der Waals surface area contributed by atoms with Crippen molar-refractivity contribution in [2.45, 2.75) is 78.8 Å². The third-order valence-corrected chi connectivity index (χ3v) is 6.11. The van der Waals surface area contributed by atoms with Crippen LogP contribution in [-0.2, 0) is 0 Å². The number of hydrogen-bond acceptors (Lipinski definition) is 1. The van der Waals surface area contributed by atoms with Crippen molar-refractivity contribution in [2.75, 3.05) is 6.61 Å². The van der Waals surface area contributed by atoms with Crippen LogP contribution in [-0.4, -0.2) is 12.8 Å². The van der Waals surface area contributed by atoms with Crippen LogP contribution < -0.4 is 4.74 Å². The second kappa shape index (κ2) is 12.1. The van der Waals surface area contributed by atoms with Gasteiger partial charge in [-0.3, -0.25) is 0 Å². The fraction of sp³-hybridized carbons (Fsp3) is 0.448. The number of rotatable bonds is 11. The van der Waals surface area contributed by atoms with E-state index in [1.54, 1.807) is 24.3 Å². The minimum Gasteiger partial charge on any atom is -0.493 e. The Morgan fingerprint density at radius 3 is 2.30 bits per heavy atom. The summed E-state index contributed by atoms with van der Waals surface area (Å²) in [5, 5.41) is 0. The number of aryl methyl sites for hydroxylation is 1. The van der Waals surface area contributed by atoms with Crippen molar-refractivity contribution in [3.8, 4) is 5.75 Å². The molecule has 1 atom stereocenters. The molecule has 180 valence electrons. The van der Waals surface area contributed by atoms with Gasteiger partial charge < -0.3 is 4.74 Å². The van der Waals surface area contributed by atoms with E-state index in [1.165, 1.54) is 6.08 Å². The van der Waals surface area contributed by atoms with Crippen molar-refractivity contribution in [1.29, 1.82) is 0 Å². The topological polar surface area (TPSA) is 9.23 Å². The van der Waals surface area contributed by atoms with E-state index in [0.717, 1.165) is 30.4 Å². The van der Waals surface area contributed by atoms with Crippen LogP contribution in [0, 0.1) is 6.92 Å². The summed E-state index contributed by atoms with van der Waals surface area (Å²) in [5.74, 6) is 0.786. The second-order valence-corrected chi connectivity index (χ2v) is 8.58. The highest BCUT2D eigenvalue weighted by atomic mass is 19.4. The maximum absolute atomic E-state index is 14.7. The van der Waals surface area contributed by atoms with E-state index in [4.69, 9.17) is 4.74 Å². The lowest BCUT2D eigenvalue weighted by molar-refractivity contribution is -0.0686. The molecule has 0 radical (unpaired) electrons. The maximum atomic E-state index is 14.7. The third kappa shape index (κ3) is 6.31. The van der Waals surface area contributed by atoms with Crippen molar-refractivity contribution in [3.05, 3.63) is 70.8 Å². The van der Waals surface area contributed by atoms with E-state index in [2.05, 4.69) is 20.4 Å². The zero-order chi connectivity index (χ0) is 24.6. The lowest BCUT2D eigenvalue weighted by atomic mass is 9.84. The van der Waals surface area contributed by atoms with Crippen LogP contribution >= 0.6 is 0 Å². The number of unbranched alkanes of at least 4 members (excludes halogenated alkanes) is 1. The number of alkyl halides is 3. The molecule has 0 fully saturated rings. The average molecular weight is 459 g/mol. The molecule has 2 aromatic rings. The Morgan fingerprint density at radius 1 is 1.03 bits per heavy atom. The Kier molecular flexibility index (Phi) is 9.82. The van der Waals surface area contributed by atoms with Gasteiger partial charge in [0.2, 0.25) is 0 Å². The Labute approximate surface area is 197 Å². The summed E-state index contributed by atoms with van der Waals surface area (Å²) >= 11 is 0. The summed E-state index contributed by atoms with van der Waals surface area (Å²) < 4.78 is 50.4. The second-order valence-electron chi connectivity index (χ2n) is 8.58. The van der Waals surface area contributed by atoms with Crippen LogP contribution in [0.4, 0.5) is 13.2 Å². The van der Waals surface area contributed by atoms with Crippen molar-refractivity contribution in [2.24, 2.45) is 0 Å². The first kappa shape index (κ1) is 26.8. The van der Waals surface area contributed by atoms with Crippen molar-refractivity contribution < 1.29 is 17.9 Å². The summed E-state index contributed by atoms with van der Waals surface area (Å²) in [4.78, 5) is 0. The lowest BCUT2D eigenvalue weighted by Gasteiger charge is -2.26. The highest BCUT2D eigenvalue weighted by molar-refractivity contribution is 5.96. The van der Waals surface area contributed by atoms with E-state index in [0.29, 0.717) is 41.9 Å². The molecule has 4 heteroatoms. The fourth-order valence-electron chi connectivity index (χ4n) is 4.25. The SMILES string of the molecule is C=Cc1ccccc1/C(=C(\CCCC)c1ccc(C)c(C(C)CC)c1OCCC)C(F)(F)F. The molecule has 0 aliphatic carbocycles. The fourth-order valence-corrected chi connectivity index (χ4v) is 4.25. The molecule has 0 heterocycles. The number of allylic oxidation sites excluding steroid dienone is 2. The van der Waals surface area contributed by atoms with Gasteiger partial charge >= 0.3 is 6.18 Å². The minimum absolute atomic E-state index is 0.165. The molecule has 0 saturated carbocycles. The largest absolute Gasteiger partial charge is 0.493 e. The van der Waals surface area contributed by atoms with Gasteiger partial charge in [0.25, 0.3) is 0 Å². The summed E-state index contributed by atoms with van der Waals surface area (Å²) in [6.07, 6.45) is 0.414. The highest BCUT2D eigenvalue weighted by Gasteiger charge is 2.39. The van der Waals surface area contributed by atoms with Gasteiger partial charge in [-0.2, -0.15) is 13.2 Å². The van der Waals surface area contributed by atoms with Gasteiger partial charge in [-0.25, -0.2) is 0 Å². The van der Waals surface area contributed by atoms with Crippen molar-refractivity contribution >= 4 is 17.2 Å². The Bertz CT molecular complexity index is 969. The standard InChI is InChI=1S/C29H37F3O/c1-7-11-15-24(27(29(30,31)32)23-16-13-12-14-22(23)10-4)25-18-17-21(6)26(20(5)9-3)28(25)33-19-8-2/h10,12-14,16-18,20H,4,7-9,11,15,19H2,1-3,5-6H3/b27-24-. The summed E-state index contributed by atoms with van der Waals surface area (Å²) in [6.45, 7) is 14.4. The molecule has 0 amide bonds. The molecule has 0 spiro atoms. The molecule has 33 heavy (non-hydrogen) atoms. The Morgan fingerprint density at radius 2 is 1.73 bits per heavy atom. The van der Waals surface area contributed by atoms with Crippen LogP contribution in [0.1, 0.15) is 93.5 Å². The first-order chi connectivity index (χ1) is 15.7. The summed E-state index contributed by atoms with van der Waals surface area (Å²) in [7, 11) is 0. The van der Waals surface area contributed by atoms with Gasteiger partial charge in [0, 0.05) is 11.1 Å². The number of halogens is 3. The van der Waals surface area contributed by atoms with E-state index >= 15 is 0 Å². The molecule has 0 aliphatic heterocycles. The first-order valence-corrected chi connectivity index (χ1v) is 12.0.